The summed E-state index contributed by atoms with van der Waals surface area (Å²) >= 11 is 0.756. The second-order valence-electron chi connectivity index (χ2n) is 7.78. The number of para-hydroxylation sites is 2. The maximum absolute atomic E-state index is 12.9. The van der Waals surface area contributed by atoms with Crippen molar-refractivity contribution in [3.05, 3.63) is 89.3 Å². The van der Waals surface area contributed by atoms with Crippen LogP contribution in [-0.4, -0.2) is 43.5 Å². The Morgan fingerprint density at radius 3 is 2.35 bits per heavy atom. The Hall–Kier alpha value is -4.09. The molecule has 0 aromatic heterocycles. The minimum Gasteiger partial charge on any atom is -0.492 e. The predicted molar refractivity (Wildman–Crippen MR) is 140 cm³/mol. The van der Waals surface area contributed by atoms with Crippen LogP contribution in [0.25, 0.3) is 6.08 Å². The standard InChI is InChI=1S/C26H22N2O7S2/c1-18(29)27-20-11-13-22(14-12-20)37(32,33)35-23-10-6-5-7-19(23)17-24-25(30)28(26(31)36-24)15-16-34-21-8-3-2-4-9-21/h2-14,17H,15-16H2,1H3,(H,27,29)/b24-17-. The van der Waals surface area contributed by atoms with Gasteiger partial charge in [0.15, 0.2) is 0 Å². The third-order valence-corrected chi connectivity index (χ3v) is 7.22. The highest BCUT2D eigenvalue weighted by molar-refractivity contribution is 8.18. The topological polar surface area (TPSA) is 119 Å². The molecule has 1 aliphatic rings. The quantitative estimate of drug-likeness (QED) is 0.312. The summed E-state index contributed by atoms with van der Waals surface area (Å²) in [4.78, 5) is 37.6. The van der Waals surface area contributed by atoms with E-state index in [1.807, 2.05) is 18.2 Å². The Bertz CT molecular complexity index is 1450. The van der Waals surface area contributed by atoms with E-state index in [4.69, 9.17) is 8.92 Å². The summed E-state index contributed by atoms with van der Waals surface area (Å²) in [6, 6.07) is 20.8. The molecule has 0 unspecified atom stereocenters. The maximum Gasteiger partial charge on any atom is 0.339 e. The first-order chi connectivity index (χ1) is 17.7. The van der Waals surface area contributed by atoms with Crippen molar-refractivity contribution in [3.63, 3.8) is 0 Å². The zero-order valence-electron chi connectivity index (χ0n) is 19.6. The van der Waals surface area contributed by atoms with Gasteiger partial charge in [0.1, 0.15) is 23.0 Å². The second-order valence-corrected chi connectivity index (χ2v) is 10.3. The van der Waals surface area contributed by atoms with Gasteiger partial charge in [-0.2, -0.15) is 8.42 Å². The van der Waals surface area contributed by atoms with Crippen molar-refractivity contribution in [2.45, 2.75) is 11.8 Å². The summed E-state index contributed by atoms with van der Waals surface area (Å²) in [6.07, 6.45) is 1.42. The molecule has 3 amide bonds. The normalized spacial score (nSPS) is 14.6. The fourth-order valence-electron chi connectivity index (χ4n) is 3.36. The van der Waals surface area contributed by atoms with Crippen LogP contribution in [0.4, 0.5) is 10.5 Å². The summed E-state index contributed by atoms with van der Waals surface area (Å²) in [7, 11) is -4.22. The molecule has 37 heavy (non-hydrogen) atoms. The molecule has 11 heteroatoms. The van der Waals surface area contributed by atoms with Crippen LogP contribution >= 0.6 is 11.8 Å². The van der Waals surface area contributed by atoms with Crippen LogP contribution in [0, 0.1) is 0 Å². The van der Waals surface area contributed by atoms with E-state index in [1.54, 1.807) is 30.3 Å². The number of anilines is 1. The zero-order valence-corrected chi connectivity index (χ0v) is 21.3. The van der Waals surface area contributed by atoms with Crippen molar-refractivity contribution in [2.75, 3.05) is 18.5 Å². The summed E-state index contributed by atoms with van der Waals surface area (Å²) in [5.41, 5.74) is 0.753. The van der Waals surface area contributed by atoms with E-state index < -0.39 is 21.3 Å². The van der Waals surface area contributed by atoms with Gasteiger partial charge >= 0.3 is 10.1 Å². The molecule has 0 aliphatic carbocycles. The lowest BCUT2D eigenvalue weighted by atomic mass is 10.2. The molecule has 0 radical (unpaired) electrons. The van der Waals surface area contributed by atoms with E-state index in [0.29, 0.717) is 17.0 Å². The van der Waals surface area contributed by atoms with Crippen molar-refractivity contribution >= 4 is 50.7 Å². The van der Waals surface area contributed by atoms with Gasteiger partial charge in [0.05, 0.1) is 11.4 Å². The van der Waals surface area contributed by atoms with Gasteiger partial charge in [0, 0.05) is 18.2 Å². The molecular weight excluding hydrogens is 516 g/mol. The smallest absolute Gasteiger partial charge is 0.339 e. The summed E-state index contributed by atoms with van der Waals surface area (Å²) in [6.45, 7) is 1.55. The van der Waals surface area contributed by atoms with Gasteiger partial charge in [-0.25, -0.2) is 0 Å². The number of rotatable bonds is 9. The van der Waals surface area contributed by atoms with Crippen LogP contribution in [0.1, 0.15) is 12.5 Å². The Morgan fingerprint density at radius 2 is 1.65 bits per heavy atom. The van der Waals surface area contributed by atoms with Crippen molar-refractivity contribution in [3.8, 4) is 11.5 Å². The number of benzene rings is 3. The molecule has 3 aromatic rings. The maximum atomic E-state index is 12.9. The fraction of sp³-hybridized carbons (Fsp3) is 0.115. The molecular formula is C26H22N2O7S2. The molecule has 4 rings (SSSR count). The number of carbonyl (C=O) groups excluding carboxylic acids is 3. The molecule has 1 aliphatic heterocycles. The average Bonchev–Trinajstić information content (AvgIpc) is 3.13. The Morgan fingerprint density at radius 1 is 0.973 bits per heavy atom. The van der Waals surface area contributed by atoms with Gasteiger partial charge < -0.3 is 14.2 Å². The zero-order chi connectivity index (χ0) is 26.4. The minimum absolute atomic E-state index is 0.00681. The molecule has 9 nitrogen and oxygen atoms in total. The Labute approximate surface area is 218 Å². The van der Waals surface area contributed by atoms with Gasteiger partial charge in [0.25, 0.3) is 11.1 Å². The molecule has 0 atom stereocenters. The first kappa shape index (κ1) is 26.0. The molecule has 1 heterocycles. The highest BCUT2D eigenvalue weighted by atomic mass is 32.2. The molecule has 0 spiro atoms. The Kier molecular flexibility index (Phi) is 7.95. The lowest BCUT2D eigenvalue weighted by molar-refractivity contribution is -0.123. The van der Waals surface area contributed by atoms with Crippen LogP contribution < -0.4 is 14.2 Å². The molecule has 1 N–H and O–H groups in total. The fourth-order valence-corrected chi connectivity index (χ4v) is 5.17. The lowest BCUT2D eigenvalue weighted by Crippen LogP contribution is -2.32. The van der Waals surface area contributed by atoms with Crippen LogP contribution in [0.2, 0.25) is 0 Å². The van der Waals surface area contributed by atoms with Gasteiger partial charge in [-0.3, -0.25) is 19.3 Å². The third-order valence-electron chi connectivity index (χ3n) is 5.07. The summed E-state index contributed by atoms with van der Waals surface area (Å²) < 4.78 is 36.6. The lowest BCUT2D eigenvalue weighted by Gasteiger charge is -2.13. The number of ether oxygens (including phenoxy) is 1. The van der Waals surface area contributed by atoms with E-state index in [2.05, 4.69) is 5.32 Å². The number of thioether (sulfide) groups is 1. The SMILES string of the molecule is CC(=O)Nc1ccc(S(=O)(=O)Oc2ccccc2/C=C2\SC(=O)N(CCOc3ccccc3)C2=O)cc1. The van der Waals surface area contributed by atoms with E-state index in [-0.39, 0.29) is 34.6 Å². The Balaban J connectivity index is 1.47. The van der Waals surface area contributed by atoms with Crippen molar-refractivity contribution in [2.24, 2.45) is 0 Å². The van der Waals surface area contributed by atoms with Crippen LogP contribution in [-0.2, 0) is 19.7 Å². The van der Waals surface area contributed by atoms with Crippen molar-refractivity contribution < 1.29 is 31.7 Å². The number of hydrogen-bond donors (Lipinski definition) is 1. The number of nitrogens with one attached hydrogen (secondary N) is 1. The number of nitrogens with zero attached hydrogens (tertiary/aromatic N) is 1. The van der Waals surface area contributed by atoms with E-state index >= 15 is 0 Å². The highest BCUT2D eigenvalue weighted by Gasteiger charge is 2.35. The number of amides is 3. The molecule has 3 aromatic carbocycles. The molecule has 1 fully saturated rings. The van der Waals surface area contributed by atoms with Crippen LogP contribution in [0.5, 0.6) is 11.5 Å². The van der Waals surface area contributed by atoms with Gasteiger partial charge in [-0.15, -0.1) is 0 Å². The van der Waals surface area contributed by atoms with Crippen molar-refractivity contribution in [1.29, 1.82) is 0 Å². The number of hydrogen-bond acceptors (Lipinski definition) is 8. The van der Waals surface area contributed by atoms with Crippen LogP contribution in [0.3, 0.4) is 0 Å². The monoisotopic (exact) mass is 538 g/mol. The molecule has 0 saturated carbocycles. The van der Waals surface area contributed by atoms with Gasteiger partial charge in [0.2, 0.25) is 5.91 Å². The van der Waals surface area contributed by atoms with Crippen molar-refractivity contribution in [1.82, 2.24) is 4.90 Å². The van der Waals surface area contributed by atoms with E-state index in [0.717, 1.165) is 16.7 Å². The van der Waals surface area contributed by atoms with E-state index in [1.165, 1.54) is 43.3 Å². The van der Waals surface area contributed by atoms with E-state index in [9.17, 15) is 22.8 Å². The van der Waals surface area contributed by atoms with Gasteiger partial charge in [-0.05, 0) is 60.3 Å². The molecule has 1 saturated heterocycles. The molecule has 190 valence electrons. The van der Waals surface area contributed by atoms with Crippen LogP contribution in [0.15, 0.2) is 88.7 Å². The first-order valence-electron chi connectivity index (χ1n) is 11.1. The predicted octanol–water partition coefficient (Wildman–Crippen LogP) is 4.53. The molecule has 0 bridgehead atoms. The summed E-state index contributed by atoms with van der Waals surface area (Å²) in [5, 5.41) is 2.11. The third kappa shape index (κ3) is 6.57. The van der Waals surface area contributed by atoms with Gasteiger partial charge in [-0.1, -0.05) is 36.4 Å². The summed E-state index contributed by atoms with van der Waals surface area (Å²) in [5.74, 6) is -0.165. The number of imide groups is 1. The first-order valence-corrected chi connectivity index (χ1v) is 13.3. The number of carbonyl (C=O) groups is 3. The second kappa shape index (κ2) is 11.3. The average molecular weight is 539 g/mol. The largest absolute Gasteiger partial charge is 0.492 e. The minimum atomic E-state index is -4.22. The highest BCUT2D eigenvalue weighted by Crippen LogP contribution is 2.34.